The third-order valence-electron chi connectivity index (χ3n) is 14.7. The summed E-state index contributed by atoms with van der Waals surface area (Å²) < 4.78 is 11.5. The molecule has 0 radical (unpaired) electrons. The molecule has 58 heavy (non-hydrogen) atoms. The van der Waals surface area contributed by atoms with Crippen molar-refractivity contribution in [3.05, 3.63) is 47.2 Å². The number of benzene rings is 1. The molecule has 1 spiro atoms. The predicted octanol–water partition coefficient (Wildman–Crippen LogP) is 5.65. The second-order valence-corrected chi connectivity index (χ2v) is 18.7. The van der Waals surface area contributed by atoms with E-state index in [0.29, 0.717) is 25.1 Å². The molecular formula is C46H71N7O5. The molecule has 2 aromatic rings. The highest BCUT2D eigenvalue weighted by molar-refractivity contribution is 5.81. The highest BCUT2D eigenvalue weighted by atomic mass is 16.5. The summed E-state index contributed by atoms with van der Waals surface area (Å²) >= 11 is 0. The minimum atomic E-state index is -0.663. The fourth-order valence-electron chi connectivity index (χ4n) is 11.0. The van der Waals surface area contributed by atoms with Gasteiger partial charge in [0.05, 0.1) is 24.1 Å². The number of hydrogen-bond donors (Lipinski definition) is 4. The second-order valence-electron chi connectivity index (χ2n) is 18.7. The van der Waals surface area contributed by atoms with E-state index in [1.807, 2.05) is 13.0 Å². The van der Waals surface area contributed by atoms with Gasteiger partial charge in [0, 0.05) is 75.7 Å². The smallest absolute Gasteiger partial charge is 0.225 e. The zero-order valence-electron chi connectivity index (χ0n) is 35.2. The van der Waals surface area contributed by atoms with E-state index < -0.39 is 6.10 Å². The van der Waals surface area contributed by atoms with Crippen molar-refractivity contribution >= 4 is 11.8 Å². The maximum absolute atomic E-state index is 14.9. The SMILES string of the molecule is Cc1ncoc1COc1ccc2c(c1)CCN(C[C@@H](O)CNC(=O)C1CC(N3CCN(C(=O)C4CC4)CC3)NC(NC3CCCCC3)C13CCCCCCCCC3)C2. The third kappa shape index (κ3) is 10.3. The van der Waals surface area contributed by atoms with Crippen LogP contribution in [0, 0.1) is 24.2 Å². The van der Waals surface area contributed by atoms with Gasteiger partial charge >= 0.3 is 0 Å². The number of piperidine rings is 1. The highest BCUT2D eigenvalue weighted by Gasteiger charge is 2.53. The van der Waals surface area contributed by atoms with E-state index in [1.165, 1.54) is 81.7 Å². The van der Waals surface area contributed by atoms with E-state index in [0.717, 1.165) is 108 Å². The van der Waals surface area contributed by atoms with Gasteiger partial charge in [-0.05, 0) is 81.5 Å². The van der Waals surface area contributed by atoms with E-state index in [9.17, 15) is 14.7 Å². The van der Waals surface area contributed by atoms with Crippen LogP contribution >= 0.6 is 0 Å². The van der Waals surface area contributed by atoms with Crippen molar-refractivity contribution in [2.24, 2.45) is 17.3 Å². The van der Waals surface area contributed by atoms with Crippen molar-refractivity contribution in [2.45, 2.75) is 160 Å². The topological polar surface area (TPSA) is 135 Å². The number of nitrogens with zero attached hydrogens (tertiary/aromatic N) is 4. The van der Waals surface area contributed by atoms with Crippen LogP contribution in [0.15, 0.2) is 29.0 Å². The molecule has 1 aromatic carbocycles. The summed E-state index contributed by atoms with van der Waals surface area (Å²) in [6.07, 6.45) is 21.6. The Morgan fingerprint density at radius 1 is 0.948 bits per heavy atom. The number of fused-ring (bicyclic) bond motifs is 1. The van der Waals surface area contributed by atoms with Crippen molar-refractivity contribution in [3.63, 3.8) is 0 Å². The number of carbonyl (C=O) groups excluding carboxylic acids is 2. The molecule has 4 atom stereocenters. The van der Waals surface area contributed by atoms with Crippen molar-refractivity contribution in [1.29, 1.82) is 0 Å². The Kier molecular flexibility index (Phi) is 14.1. The summed E-state index contributed by atoms with van der Waals surface area (Å²) in [7, 11) is 0. The molecule has 3 aliphatic heterocycles. The van der Waals surface area contributed by atoms with Crippen LogP contribution in [0.1, 0.15) is 132 Å². The lowest BCUT2D eigenvalue weighted by Gasteiger charge is -2.56. The fraction of sp³-hybridized carbons (Fsp3) is 0.761. The molecule has 2 amide bonds. The van der Waals surface area contributed by atoms with Crippen LogP contribution in [0.5, 0.6) is 5.75 Å². The summed E-state index contributed by atoms with van der Waals surface area (Å²) in [6, 6.07) is 6.73. The van der Waals surface area contributed by atoms with Gasteiger partial charge in [-0.25, -0.2) is 4.98 Å². The average Bonchev–Trinajstić information content (AvgIpc) is 4.02. The van der Waals surface area contributed by atoms with E-state index in [4.69, 9.17) is 9.15 Å². The quantitative estimate of drug-likeness (QED) is 0.214. The number of aryl methyl sites for hydroxylation is 1. The van der Waals surface area contributed by atoms with Gasteiger partial charge in [-0.15, -0.1) is 0 Å². The van der Waals surface area contributed by atoms with Crippen molar-refractivity contribution in [1.82, 2.24) is 35.6 Å². The summed E-state index contributed by atoms with van der Waals surface area (Å²) in [5, 5.41) is 23.2. The first-order valence-corrected chi connectivity index (χ1v) is 23.2. The van der Waals surface area contributed by atoms with Gasteiger partial charge < -0.3 is 24.5 Å². The number of β-amino-alcohol motifs (C(OH)–C–C–N with tert-alkyl or cyclic N) is 1. The van der Waals surface area contributed by atoms with Crippen molar-refractivity contribution < 1.29 is 23.8 Å². The summed E-state index contributed by atoms with van der Waals surface area (Å²) in [4.78, 5) is 38.9. The van der Waals surface area contributed by atoms with E-state index in [1.54, 1.807) is 0 Å². The number of hydrogen-bond acceptors (Lipinski definition) is 10. The Morgan fingerprint density at radius 2 is 1.67 bits per heavy atom. The van der Waals surface area contributed by atoms with Crippen LogP contribution in [0.3, 0.4) is 0 Å². The van der Waals surface area contributed by atoms with Crippen LogP contribution in [-0.2, 0) is 29.2 Å². The molecule has 8 rings (SSSR count). The van der Waals surface area contributed by atoms with Crippen LogP contribution in [-0.4, -0.2) is 107 Å². The first kappa shape index (κ1) is 41.7. The molecule has 0 bridgehead atoms. The lowest BCUT2D eigenvalue weighted by Crippen LogP contribution is -2.71. The number of oxazole rings is 1. The third-order valence-corrected chi connectivity index (χ3v) is 14.7. The van der Waals surface area contributed by atoms with Gasteiger partial charge in [0.2, 0.25) is 11.8 Å². The molecular weight excluding hydrogens is 731 g/mol. The fourth-order valence-corrected chi connectivity index (χ4v) is 11.0. The van der Waals surface area contributed by atoms with Crippen molar-refractivity contribution in [3.8, 4) is 5.75 Å². The maximum atomic E-state index is 14.9. The Labute approximate surface area is 346 Å². The molecule has 4 N–H and O–H groups in total. The minimum absolute atomic E-state index is 0.0474. The molecule has 2 saturated heterocycles. The van der Waals surface area contributed by atoms with Gasteiger partial charge in [0.15, 0.2) is 12.2 Å². The largest absolute Gasteiger partial charge is 0.486 e. The first-order chi connectivity index (χ1) is 28.3. The second kappa shape index (κ2) is 19.6. The number of carbonyl (C=O) groups is 2. The van der Waals surface area contributed by atoms with Gasteiger partial charge in [0.25, 0.3) is 0 Å². The summed E-state index contributed by atoms with van der Waals surface area (Å²) in [5.41, 5.74) is 3.17. The predicted molar refractivity (Wildman–Crippen MR) is 224 cm³/mol. The van der Waals surface area contributed by atoms with Crippen LogP contribution < -0.4 is 20.7 Å². The molecule has 4 heterocycles. The number of amides is 2. The monoisotopic (exact) mass is 802 g/mol. The number of aliphatic hydroxyl groups is 1. The zero-order chi connectivity index (χ0) is 39.9. The summed E-state index contributed by atoms with van der Waals surface area (Å²) in [5.74, 6) is 2.09. The lowest BCUT2D eigenvalue weighted by atomic mass is 9.61. The Morgan fingerprint density at radius 3 is 2.38 bits per heavy atom. The summed E-state index contributed by atoms with van der Waals surface area (Å²) in [6.45, 7) is 7.84. The number of nitrogens with one attached hydrogen (secondary N) is 3. The standard InChI is InChI=1S/C46H71N7O5/c1-33-41(58-32-48-33)31-57-39-17-16-36-29-51(21-18-35(36)26-39)30-38(54)28-47-43(55)40-27-42(52-22-24-53(25-23-52)44(56)34-14-15-34)50-45(49-37-12-8-7-9-13-37)46(40)19-10-5-3-2-4-6-11-20-46/h16-17,26,32,34,37-38,40,42,45,49-50,54H,2-15,18-25,27-31H2,1H3,(H,47,55)/t38-,40?,42?,45?/m0/s1. The zero-order valence-corrected chi connectivity index (χ0v) is 35.2. The van der Waals surface area contributed by atoms with E-state index in [2.05, 4.69) is 47.8 Å². The van der Waals surface area contributed by atoms with Gasteiger partial charge in [-0.3, -0.25) is 30.0 Å². The Hall–Kier alpha value is -3.03. The Bertz CT molecular complexity index is 1640. The highest BCUT2D eigenvalue weighted by Crippen LogP contribution is 2.48. The van der Waals surface area contributed by atoms with Crippen LogP contribution in [0.4, 0.5) is 0 Å². The van der Waals surface area contributed by atoms with E-state index >= 15 is 0 Å². The first-order valence-electron chi connectivity index (χ1n) is 23.2. The number of aromatic nitrogens is 1. The number of piperazine rings is 1. The van der Waals surface area contributed by atoms with Gasteiger partial charge in [-0.1, -0.05) is 70.3 Å². The molecule has 6 aliphatic rings. The Balaban J connectivity index is 0.934. The van der Waals surface area contributed by atoms with Crippen LogP contribution in [0.25, 0.3) is 0 Å². The molecule has 5 fully saturated rings. The number of rotatable bonds is 12. The molecule has 3 aliphatic carbocycles. The molecule has 320 valence electrons. The van der Waals surface area contributed by atoms with Crippen molar-refractivity contribution in [2.75, 3.05) is 45.8 Å². The molecule has 12 nitrogen and oxygen atoms in total. The van der Waals surface area contributed by atoms with Gasteiger partial charge in [-0.2, -0.15) is 0 Å². The maximum Gasteiger partial charge on any atom is 0.225 e. The molecule has 12 heteroatoms. The lowest BCUT2D eigenvalue weighted by molar-refractivity contribution is -0.141. The normalized spacial score (nSPS) is 27.1. The molecule has 3 unspecified atom stereocenters. The van der Waals surface area contributed by atoms with Gasteiger partial charge in [0.1, 0.15) is 12.4 Å². The van der Waals surface area contributed by atoms with Crippen LogP contribution in [0.2, 0.25) is 0 Å². The molecule has 3 saturated carbocycles. The number of aliphatic hydroxyl groups excluding tert-OH is 1. The average molecular weight is 802 g/mol. The minimum Gasteiger partial charge on any atom is -0.486 e. The van der Waals surface area contributed by atoms with E-state index in [-0.39, 0.29) is 42.0 Å². The molecule has 1 aromatic heterocycles. The number of ether oxygens (including phenoxy) is 1.